The maximum atomic E-state index is 11.4. The SMILES string of the molecule is COCCCC(=O)c1ccc(C(=O)O)o1. The zero-order valence-electron chi connectivity index (χ0n) is 8.36. The van der Waals surface area contributed by atoms with E-state index in [0.29, 0.717) is 19.4 Å². The molecule has 1 heterocycles. The summed E-state index contributed by atoms with van der Waals surface area (Å²) < 4.78 is 9.64. The fourth-order valence-electron chi connectivity index (χ4n) is 1.10. The summed E-state index contributed by atoms with van der Waals surface area (Å²) >= 11 is 0. The van der Waals surface area contributed by atoms with Gasteiger partial charge in [0.1, 0.15) is 0 Å². The summed E-state index contributed by atoms with van der Waals surface area (Å²) in [5.41, 5.74) is 0. The number of hydrogen-bond donors (Lipinski definition) is 1. The second kappa shape index (κ2) is 5.31. The van der Waals surface area contributed by atoms with Crippen molar-refractivity contribution >= 4 is 11.8 Å². The number of aromatic carboxylic acids is 1. The molecule has 5 heteroatoms. The molecule has 0 aromatic carbocycles. The van der Waals surface area contributed by atoms with Gasteiger partial charge in [-0.3, -0.25) is 4.79 Å². The van der Waals surface area contributed by atoms with Gasteiger partial charge in [0.25, 0.3) is 0 Å². The average molecular weight is 212 g/mol. The van der Waals surface area contributed by atoms with Crippen molar-refractivity contribution in [3.63, 3.8) is 0 Å². The molecule has 0 aliphatic heterocycles. The fourth-order valence-corrected chi connectivity index (χ4v) is 1.10. The van der Waals surface area contributed by atoms with Crippen LogP contribution in [0.2, 0.25) is 0 Å². The van der Waals surface area contributed by atoms with E-state index in [1.807, 2.05) is 0 Å². The zero-order valence-corrected chi connectivity index (χ0v) is 8.36. The second-order valence-corrected chi connectivity index (χ2v) is 2.99. The highest BCUT2D eigenvalue weighted by Crippen LogP contribution is 2.11. The molecule has 0 amide bonds. The number of Topliss-reactive ketones (excluding diaryl/α,β-unsaturated/α-hetero) is 1. The predicted molar refractivity (Wildman–Crippen MR) is 51.1 cm³/mol. The average Bonchev–Trinajstić information content (AvgIpc) is 2.66. The van der Waals surface area contributed by atoms with Crippen molar-refractivity contribution in [3.05, 3.63) is 23.7 Å². The third-order valence-corrected chi connectivity index (χ3v) is 1.84. The Morgan fingerprint density at radius 3 is 2.60 bits per heavy atom. The first-order chi connectivity index (χ1) is 7.15. The Kier molecular flexibility index (Phi) is 4.05. The first-order valence-corrected chi connectivity index (χ1v) is 4.50. The highest BCUT2D eigenvalue weighted by atomic mass is 16.5. The lowest BCUT2D eigenvalue weighted by atomic mass is 10.2. The maximum Gasteiger partial charge on any atom is 0.371 e. The molecule has 15 heavy (non-hydrogen) atoms. The van der Waals surface area contributed by atoms with Crippen molar-refractivity contribution in [1.82, 2.24) is 0 Å². The number of methoxy groups -OCH3 is 1. The minimum Gasteiger partial charge on any atom is -0.475 e. The van der Waals surface area contributed by atoms with Gasteiger partial charge in [-0.2, -0.15) is 0 Å². The Balaban J connectivity index is 2.54. The molecular formula is C10H12O5. The molecule has 0 saturated heterocycles. The van der Waals surface area contributed by atoms with E-state index in [2.05, 4.69) is 0 Å². The van der Waals surface area contributed by atoms with E-state index in [-0.39, 0.29) is 17.3 Å². The molecule has 0 atom stereocenters. The van der Waals surface area contributed by atoms with Gasteiger partial charge in [-0.05, 0) is 18.6 Å². The van der Waals surface area contributed by atoms with Gasteiger partial charge < -0.3 is 14.3 Å². The van der Waals surface area contributed by atoms with Crippen molar-refractivity contribution < 1.29 is 23.8 Å². The summed E-state index contributed by atoms with van der Waals surface area (Å²) in [4.78, 5) is 21.9. The first-order valence-electron chi connectivity index (χ1n) is 4.50. The van der Waals surface area contributed by atoms with E-state index in [1.54, 1.807) is 7.11 Å². The maximum absolute atomic E-state index is 11.4. The van der Waals surface area contributed by atoms with Crippen LogP contribution >= 0.6 is 0 Å². The van der Waals surface area contributed by atoms with Gasteiger partial charge in [-0.25, -0.2) is 4.79 Å². The fraction of sp³-hybridized carbons (Fsp3) is 0.400. The number of ketones is 1. The van der Waals surface area contributed by atoms with Gasteiger partial charge in [0.05, 0.1) is 0 Å². The Bertz CT molecular complexity index is 352. The van der Waals surface area contributed by atoms with E-state index in [4.69, 9.17) is 14.3 Å². The normalized spacial score (nSPS) is 10.2. The number of carbonyl (C=O) groups excluding carboxylic acids is 1. The number of ether oxygens (including phenoxy) is 1. The molecule has 1 N–H and O–H groups in total. The second-order valence-electron chi connectivity index (χ2n) is 2.99. The third kappa shape index (κ3) is 3.21. The van der Waals surface area contributed by atoms with Crippen molar-refractivity contribution in [2.75, 3.05) is 13.7 Å². The van der Waals surface area contributed by atoms with Crippen molar-refractivity contribution in [2.45, 2.75) is 12.8 Å². The van der Waals surface area contributed by atoms with Gasteiger partial charge in [-0.15, -0.1) is 0 Å². The van der Waals surface area contributed by atoms with Crippen LogP contribution in [0.1, 0.15) is 34.0 Å². The number of carboxylic acid groups (broad SMARTS) is 1. The molecule has 5 nitrogen and oxygen atoms in total. The van der Waals surface area contributed by atoms with Gasteiger partial charge in [0, 0.05) is 20.1 Å². The molecule has 0 saturated carbocycles. The highest BCUT2D eigenvalue weighted by Gasteiger charge is 2.14. The number of furan rings is 1. The van der Waals surface area contributed by atoms with E-state index in [1.165, 1.54) is 12.1 Å². The molecule has 1 rings (SSSR count). The lowest BCUT2D eigenvalue weighted by Gasteiger charge is -1.96. The molecule has 0 aliphatic rings. The zero-order chi connectivity index (χ0) is 11.3. The number of rotatable bonds is 6. The van der Waals surface area contributed by atoms with E-state index in [9.17, 15) is 9.59 Å². The summed E-state index contributed by atoms with van der Waals surface area (Å²) in [6.07, 6.45) is 0.888. The van der Waals surface area contributed by atoms with Crippen LogP contribution in [0.15, 0.2) is 16.5 Å². The molecule has 0 spiro atoms. The van der Waals surface area contributed by atoms with Crippen molar-refractivity contribution in [1.29, 1.82) is 0 Å². The third-order valence-electron chi connectivity index (χ3n) is 1.84. The molecule has 1 aromatic heterocycles. The summed E-state index contributed by atoms with van der Waals surface area (Å²) in [5.74, 6) is -1.51. The quantitative estimate of drug-likeness (QED) is 0.572. The summed E-state index contributed by atoms with van der Waals surface area (Å²) in [7, 11) is 1.56. The topological polar surface area (TPSA) is 76.7 Å². The van der Waals surface area contributed by atoms with Crippen molar-refractivity contribution in [3.8, 4) is 0 Å². The van der Waals surface area contributed by atoms with Gasteiger partial charge in [0.15, 0.2) is 11.5 Å². The van der Waals surface area contributed by atoms with Crippen LogP contribution in [0, 0.1) is 0 Å². The van der Waals surface area contributed by atoms with E-state index < -0.39 is 5.97 Å². The minimum absolute atomic E-state index is 0.0866. The molecular weight excluding hydrogens is 200 g/mol. The van der Waals surface area contributed by atoms with E-state index in [0.717, 1.165) is 0 Å². The standard InChI is InChI=1S/C10H12O5/c1-14-6-2-3-7(11)8-4-5-9(15-8)10(12)13/h4-5H,2-3,6H2,1H3,(H,12,13). The first kappa shape index (κ1) is 11.5. The summed E-state index contributed by atoms with van der Waals surface area (Å²) in [5, 5.41) is 8.57. The van der Waals surface area contributed by atoms with Crippen LogP contribution < -0.4 is 0 Å². The van der Waals surface area contributed by atoms with Crippen molar-refractivity contribution in [2.24, 2.45) is 0 Å². The molecule has 0 unspecified atom stereocenters. The summed E-state index contributed by atoms with van der Waals surface area (Å²) in [6.45, 7) is 0.498. The summed E-state index contributed by atoms with van der Waals surface area (Å²) in [6, 6.07) is 2.64. The predicted octanol–water partition coefficient (Wildman–Crippen LogP) is 1.59. The highest BCUT2D eigenvalue weighted by molar-refractivity contribution is 5.95. The Labute approximate surface area is 86.6 Å². The largest absolute Gasteiger partial charge is 0.475 e. The molecule has 0 aliphatic carbocycles. The Hall–Kier alpha value is -1.62. The Morgan fingerprint density at radius 2 is 2.07 bits per heavy atom. The van der Waals surface area contributed by atoms with Crippen LogP contribution in [0.4, 0.5) is 0 Å². The number of carboxylic acids is 1. The van der Waals surface area contributed by atoms with Gasteiger partial charge in [-0.1, -0.05) is 0 Å². The lowest BCUT2D eigenvalue weighted by molar-refractivity contribution is 0.0659. The lowest BCUT2D eigenvalue weighted by Crippen LogP contribution is -2.00. The minimum atomic E-state index is -1.18. The van der Waals surface area contributed by atoms with E-state index >= 15 is 0 Å². The smallest absolute Gasteiger partial charge is 0.371 e. The molecule has 0 radical (unpaired) electrons. The molecule has 0 fully saturated rings. The number of carbonyl (C=O) groups is 2. The molecule has 0 bridgehead atoms. The van der Waals surface area contributed by atoms with Crippen LogP contribution in [-0.2, 0) is 4.74 Å². The Morgan fingerprint density at radius 1 is 1.40 bits per heavy atom. The van der Waals surface area contributed by atoms with Gasteiger partial charge >= 0.3 is 5.97 Å². The van der Waals surface area contributed by atoms with Crippen LogP contribution in [-0.4, -0.2) is 30.6 Å². The van der Waals surface area contributed by atoms with Crippen LogP contribution in [0.3, 0.4) is 0 Å². The van der Waals surface area contributed by atoms with Gasteiger partial charge in [0.2, 0.25) is 5.76 Å². The van der Waals surface area contributed by atoms with Crippen LogP contribution in [0.25, 0.3) is 0 Å². The molecule has 82 valence electrons. The molecule has 1 aromatic rings. The monoisotopic (exact) mass is 212 g/mol. The number of hydrogen-bond acceptors (Lipinski definition) is 4. The van der Waals surface area contributed by atoms with Crippen LogP contribution in [0.5, 0.6) is 0 Å².